The molecule has 1 aromatic carbocycles. The van der Waals surface area contributed by atoms with E-state index in [2.05, 4.69) is 0 Å². The summed E-state index contributed by atoms with van der Waals surface area (Å²) in [5.41, 5.74) is 1.02. The van der Waals surface area contributed by atoms with Gasteiger partial charge in [0.2, 0.25) is 0 Å². The molecule has 96 valence electrons. The maximum Gasteiger partial charge on any atom is 0.253 e. The molecule has 0 aliphatic carbocycles. The number of carbonyl (C=O) groups is 1. The van der Waals surface area contributed by atoms with Gasteiger partial charge in [-0.15, -0.1) is 0 Å². The van der Waals surface area contributed by atoms with E-state index in [1.807, 2.05) is 19.9 Å². The highest BCUT2D eigenvalue weighted by atomic mass is 16.5. The number of nitrogens with zero attached hydrogens (tertiary/aromatic N) is 2. The fourth-order valence-electron chi connectivity index (χ4n) is 1.47. The van der Waals surface area contributed by atoms with Crippen LogP contribution < -0.4 is 0 Å². The second kappa shape index (κ2) is 6.77. The van der Waals surface area contributed by atoms with E-state index >= 15 is 0 Å². The van der Waals surface area contributed by atoms with Gasteiger partial charge in [-0.1, -0.05) is 6.07 Å². The maximum absolute atomic E-state index is 12.0. The summed E-state index contributed by atoms with van der Waals surface area (Å²) in [4.78, 5) is 13.6. The first kappa shape index (κ1) is 14.2. The number of carbonyl (C=O) groups excluding carboxylic acids is 1. The molecule has 4 nitrogen and oxygen atoms in total. The molecule has 0 radical (unpaired) electrons. The van der Waals surface area contributed by atoms with Crippen molar-refractivity contribution in [3.63, 3.8) is 0 Å². The minimum absolute atomic E-state index is 0.0977. The van der Waals surface area contributed by atoms with Gasteiger partial charge in [-0.2, -0.15) is 5.26 Å². The molecule has 0 N–H and O–H groups in total. The molecule has 0 spiro atoms. The van der Waals surface area contributed by atoms with Crippen LogP contribution in [-0.2, 0) is 4.74 Å². The Kier molecular flexibility index (Phi) is 5.34. The summed E-state index contributed by atoms with van der Waals surface area (Å²) >= 11 is 0. The van der Waals surface area contributed by atoms with Crippen LogP contribution in [0.1, 0.15) is 29.8 Å². The Bertz CT molecular complexity index is 449. The predicted molar refractivity (Wildman–Crippen MR) is 69.2 cm³/mol. The fourth-order valence-corrected chi connectivity index (χ4v) is 1.47. The van der Waals surface area contributed by atoms with Crippen molar-refractivity contribution in [1.29, 1.82) is 5.26 Å². The zero-order valence-electron chi connectivity index (χ0n) is 11.0. The highest BCUT2D eigenvalue weighted by Gasteiger charge is 2.11. The molecular formula is C14H18N2O2. The van der Waals surface area contributed by atoms with E-state index in [0.717, 1.165) is 0 Å². The molecule has 0 bridgehead atoms. The summed E-state index contributed by atoms with van der Waals surface area (Å²) in [7, 11) is 1.73. The lowest BCUT2D eigenvalue weighted by atomic mass is 10.1. The van der Waals surface area contributed by atoms with Crippen LogP contribution in [0.25, 0.3) is 0 Å². The van der Waals surface area contributed by atoms with E-state index in [0.29, 0.717) is 24.3 Å². The third-order valence-electron chi connectivity index (χ3n) is 2.46. The minimum Gasteiger partial charge on any atom is -0.377 e. The van der Waals surface area contributed by atoms with Crippen LogP contribution in [0.5, 0.6) is 0 Å². The maximum atomic E-state index is 12.0. The van der Waals surface area contributed by atoms with Gasteiger partial charge in [0.05, 0.1) is 24.3 Å². The van der Waals surface area contributed by atoms with Crippen LogP contribution in [-0.4, -0.2) is 37.1 Å². The quantitative estimate of drug-likeness (QED) is 0.799. The Balaban J connectivity index is 2.60. The monoisotopic (exact) mass is 246 g/mol. The first-order valence-electron chi connectivity index (χ1n) is 5.92. The lowest BCUT2D eigenvalue weighted by Crippen LogP contribution is -2.30. The third kappa shape index (κ3) is 4.19. The molecule has 0 aromatic heterocycles. The average Bonchev–Trinajstić information content (AvgIpc) is 2.37. The van der Waals surface area contributed by atoms with Crippen LogP contribution in [0.15, 0.2) is 24.3 Å². The highest BCUT2D eigenvalue weighted by molar-refractivity contribution is 5.94. The lowest BCUT2D eigenvalue weighted by Gasteiger charge is -2.18. The fraction of sp³-hybridized carbons (Fsp3) is 0.429. The molecule has 18 heavy (non-hydrogen) atoms. The van der Waals surface area contributed by atoms with Gasteiger partial charge >= 0.3 is 0 Å². The molecule has 4 heteroatoms. The van der Waals surface area contributed by atoms with Gasteiger partial charge in [-0.25, -0.2) is 0 Å². The smallest absolute Gasteiger partial charge is 0.253 e. The number of amides is 1. The van der Waals surface area contributed by atoms with Crippen LogP contribution in [0, 0.1) is 11.3 Å². The van der Waals surface area contributed by atoms with E-state index in [4.69, 9.17) is 10.00 Å². The van der Waals surface area contributed by atoms with E-state index in [1.165, 1.54) is 0 Å². The topological polar surface area (TPSA) is 53.3 Å². The molecule has 0 heterocycles. The average molecular weight is 246 g/mol. The van der Waals surface area contributed by atoms with Gasteiger partial charge in [-0.05, 0) is 32.0 Å². The van der Waals surface area contributed by atoms with Gasteiger partial charge in [-0.3, -0.25) is 4.79 Å². The number of ether oxygens (including phenoxy) is 1. The predicted octanol–water partition coefficient (Wildman–Crippen LogP) is 2.06. The van der Waals surface area contributed by atoms with Crippen LogP contribution >= 0.6 is 0 Å². The zero-order valence-corrected chi connectivity index (χ0v) is 11.0. The number of likely N-dealkylation sites (N-methyl/N-ethyl adjacent to an activating group) is 1. The van der Waals surface area contributed by atoms with Crippen molar-refractivity contribution in [1.82, 2.24) is 4.90 Å². The molecule has 1 aromatic rings. The molecule has 0 atom stereocenters. The van der Waals surface area contributed by atoms with Gasteiger partial charge in [0.25, 0.3) is 5.91 Å². The minimum atomic E-state index is -0.0977. The Labute approximate surface area is 108 Å². The van der Waals surface area contributed by atoms with Gasteiger partial charge in [0, 0.05) is 19.2 Å². The summed E-state index contributed by atoms with van der Waals surface area (Å²) in [5.74, 6) is -0.0977. The molecule has 0 aliphatic heterocycles. The lowest BCUT2D eigenvalue weighted by molar-refractivity contribution is 0.0532. The second-order valence-electron chi connectivity index (χ2n) is 4.34. The van der Waals surface area contributed by atoms with Crippen LogP contribution in [0.4, 0.5) is 0 Å². The first-order valence-corrected chi connectivity index (χ1v) is 5.92. The van der Waals surface area contributed by atoms with E-state index in [-0.39, 0.29) is 12.0 Å². The Morgan fingerprint density at radius 2 is 2.22 bits per heavy atom. The number of rotatable bonds is 5. The first-order chi connectivity index (χ1) is 8.54. The molecule has 0 saturated heterocycles. The Morgan fingerprint density at radius 1 is 1.50 bits per heavy atom. The number of hydrogen-bond acceptors (Lipinski definition) is 3. The molecule has 0 saturated carbocycles. The summed E-state index contributed by atoms with van der Waals surface area (Å²) in [6.07, 6.45) is 0.162. The number of benzene rings is 1. The van der Waals surface area contributed by atoms with E-state index < -0.39 is 0 Å². The largest absolute Gasteiger partial charge is 0.377 e. The van der Waals surface area contributed by atoms with Crippen molar-refractivity contribution in [3.8, 4) is 6.07 Å². The molecule has 0 unspecified atom stereocenters. The molecular weight excluding hydrogens is 228 g/mol. The summed E-state index contributed by atoms with van der Waals surface area (Å²) in [6, 6.07) is 8.73. The Hall–Kier alpha value is -1.86. The normalized spacial score (nSPS) is 10.2. The van der Waals surface area contributed by atoms with Crippen molar-refractivity contribution < 1.29 is 9.53 Å². The van der Waals surface area contributed by atoms with Gasteiger partial charge in [0.1, 0.15) is 0 Å². The Morgan fingerprint density at radius 3 is 2.83 bits per heavy atom. The number of nitriles is 1. The standard InChI is InChI=1S/C14H18N2O2/c1-11(2)18-8-7-16(3)14(17)13-6-4-5-12(9-13)10-15/h4-6,9,11H,7-8H2,1-3H3. The highest BCUT2D eigenvalue weighted by Crippen LogP contribution is 2.07. The van der Waals surface area contributed by atoms with Crippen molar-refractivity contribution in [2.45, 2.75) is 20.0 Å². The summed E-state index contributed by atoms with van der Waals surface area (Å²) in [6.45, 7) is 4.96. The molecule has 1 rings (SSSR count). The molecule has 0 aliphatic rings. The van der Waals surface area contributed by atoms with E-state index in [9.17, 15) is 4.79 Å². The summed E-state index contributed by atoms with van der Waals surface area (Å²) < 4.78 is 5.40. The number of hydrogen-bond donors (Lipinski definition) is 0. The van der Waals surface area contributed by atoms with Crippen molar-refractivity contribution in [3.05, 3.63) is 35.4 Å². The molecule has 0 fully saturated rings. The van der Waals surface area contributed by atoms with E-state index in [1.54, 1.807) is 36.2 Å². The summed E-state index contributed by atoms with van der Waals surface area (Å²) in [5, 5.41) is 8.79. The zero-order chi connectivity index (χ0) is 13.5. The van der Waals surface area contributed by atoms with Gasteiger partial charge in [0.15, 0.2) is 0 Å². The van der Waals surface area contributed by atoms with Crippen molar-refractivity contribution in [2.24, 2.45) is 0 Å². The molecule has 1 amide bonds. The van der Waals surface area contributed by atoms with Crippen LogP contribution in [0.2, 0.25) is 0 Å². The van der Waals surface area contributed by atoms with Crippen molar-refractivity contribution in [2.75, 3.05) is 20.2 Å². The second-order valence-corrected chi connectivity index (χ2v) is 4.34. The van der Waals surface area contributed by atoms with Gasteiger partial charge < -0.3 is 9.64 Å². The third-order valence-corrected chi connectivity index (χ3v) is 2.46. The SMILES string of the molecule is CC(C)OCCN(C)C(=O)c1cccc(C#N)c1. The van der Waals surface area contributed by atoms with Crippen molar-refractivity contribution >= 4 is 5.91 Å². The van der Waals surface area contributed by atoms with Crippen LogP contribution in [0.3, 0.4) is 0 Å².